The number of likely N-dealkylation sites (tertiary alicyclic amines) is 1. The number of hydrogen-bond donors (Lipinski definition) is 0. The lowest BCUT2D eigenvalue weighted by atomic mass is 10.1. The summed E-state index contributed by atoms with van der Waals surface area (Å²) in [6.45, 7) is 6.57. The fraction of sp³-hybridized carbons (Fsp3) is 0.588. The van der Waals surface area contributed by atoms with Crippen molar-refractivity contribution in [1.82, 2.24) is 24.6 Å². The molecule has 1 fully saturated rings. The molecular weight excluding hydrogens is 322 g/mol. The van der Waals surface area contributed by atoms with Gasteiger partial charge in [-0.2, -0.15) is 5.10 Å². The van der Waals surface area contributed by atoms with Crippen molar-refractivity contribution in [2.45, 2.75) is 45.3 Å². The average molecular weight is 345 g/mol. The molecule has 128 valence electrons. The van der Waals surface area contributed by atoms with Crippen molar-refractivity contribution in [3.05, 3.63) is 34.0 Å². The van der Waals surface area contributed by atoms with Crippen LogP contribution < -0.4 is 0 Å². The van der Waals surface area contributed by atoms with Crippen molar-refractivity contribution in [2.75, 3.05) is 19.6 Å². The van der Waals surface area contributed by atoms with Gasteiger partial charge in [0.25, 0.3) is 0 Å². The Morgan fingerprint density at radius 2 is 2.33 bits per heavy atom. The maximum Gasteiger partial charge on any atom is 0.222 e. The summed E-state index contributed by atoms with van der Waals surface area (Å²) in [5.41, 5.74) is 2.36. The minimum atomic E-state index is 0.307. The van der Waals surface area contributed by atoms with Crippen LogP contribution in [0.1, 0.15) is 41.7 Å². The van der Waals surface area contributed by atoms with Gasteiger partial charge in [0.2, 0.25) is 5.91 Å². The predicted molar refractivity (Wildman–Crippen MR) is 92.7 cm³/mol. The smallest absolute Gasteiger partial charge is 0.222 e. The number of nitrogens with zero attached hydrogens (tertiary/aromatic N) is 5. The molecule has 0 N–H and O–H groups in total. The van der Waals surface area contributed by atoms with Gasteiger partial charge in [0.15, 0.2) is 0 Å². The second-order valence-electron chi connectivity index (χ2n) is 6.75. The first kappa shape index (κ1) is 15.8. The Balaban J connectivity index is 1.43. The molecule has 1 unspecified atom stereocenters. The van der Waals surface area contributed by atoms with Crippen molar-refractivity contribution in [3.8, 4) is 0 Å². The zero-order valence-corrected chi connectivity index (χ0v) is 14.8. The van der Waals surface area contributed by atoms with Crippen LogP contribution in [0, 0.1) is 6.92 Å². The van der Waals surface area contributed by atoms with Crippen LogP contribution in [0.25, 0.3) is 0 Å². The number of thiazole rings is 1. The van der Waals surface area contributed by atoms with Crippen LogP contribution in [-0.2, 0) is 17.9 Å². The summed E-state index contributed by atoms with van der Waals surface area (Å²) in [7, 11) is 0. The topological polar surface area (TPSA) is 54.3 Å². The average Bonchev–Trinajstić information content (AvgIpc) is 3.27. The standard InChI is InChI=1S/C17H23N5OS/c1-13-12-24-16(19-13)11-20-9-14-4-6-18-22(14)15(10-20)5-8-21-7-2-3-17(21)23/h4,6,12,15H,2-3,5,7-11H2,1H3. The number of carbonyl (C=O) groups excluding carboxylic acids is 1. The monoisotopic (exact) mass is 345 g/mol. The Bertz CT molecular complexity index is 724. The van der Waals surface area contributed by atoms with Gasteiger partial charge in [-0.15, -0.1) is 11.3 Å². The highest BCUT2D eigenvalue weighted by Crippen LogP contribution is 2.26. The lowest BCUT2D eigenvalue weighted by Crippen LogP contribution is -2.39. The summed E-state index contributed by atoms with van der Waals surface area (Å²) in [4.78, 5) is 20.9. The molecule has 1 saturated heterocycles. The van der Waals surface area contributed by atoms with E-state index in [0.717, 1.165) is 51.3 Å². The van der Waals surface area contributed by atoms with Gasteiger partial charge >= 0.3 is 0 Å². The highest BCUT2D eigenvalue weighted by molar-refractivity contribution is 7.09. The highest BCUT2D eigenvalue weighted by Gasteiger charge is 2.28. The molecule has 2 aliphatic rings. The molecule has 7 heteroatoms. The lowest BCUT2D eigenvalue weighted by molar-refractivity contribution is -0.127. The summed E-state index contributed by atoms with van der Waals surface area (Å²) >= 11 is 1.73. The van der Waals surface area contributed by atoms with Crippen molar-refractivity contribution in [3.63, 3.8) is 0 Å². The van der Waals surface area contributed by atoms with E-state index in [-0.39, 0.29) is 0 Å². The number of amides is 1. The van der Waals surface area contributed by atoms with Crippen molar-refractivity contribution in [2.24, 2.45) is 0 Å². The van der Waals surface area contributed by atoms with Gasteiger partial charge in [-0.05, 0) is 25.8 Å². The summed E-state index contributed by atoms with van der Waals surface area (Å²) < 4.78 is 2.16. The van der Waals surface area contributed by atoms with E-state index >= 15 is 0 Å². The molecule has 0 aromatic carbocycles. The Morgan fingerprint density at radius 3 is 3.08 bits per heavy atom. The molecule has 2 aromatic rings. The SMILES string of the molecule is Cc1csc(CN2Cc3ccnn3C(CCN3CCCC3=O)C2)n1. The number of fused-ring (bicyclic) bond motifs is 1. The molecule has 4 heterocycles. The van der Waals surface area contributed by atoms with Crippen LogP contribution in [0.3, 0.4) is 0 Å². The molecule has 2 aromatic heterocycles. The Labute approximate surface area is 146 Å². The van der Waals surface area contributed by atoms with E-state index in [1.54, 1.807) is 11.3 Å². The molecule has 1 atom stereocenters. The fourth-order valence-corrected chi connectivity index (χ4v) is 4.52. The molecule has 6 nitrogen and oxygen atoms in total. The Morgan fingerprint density at radius 1 is 1.42 bits per heavy atom. The number of rotatable bonds is 5. The lowest BCUT2D eigenvalue weighted by Gasteiger charge is -2.34. The van der Waals surface area contributed by atoms with Gasteiger partial charge in [-0.25, -0.2) is 4.98 Å². The molecule has 2 aliphatic heterocycles. The molecule has 1 amide bonds. The molecule has 0 spiro atoms. The van der Waals surface area contributed by atoms with Crippen LogP contribution in [0.15, 0.2) is 17.6 Å². The minimum absolute atomic E-state index is 0.307. The summed E-state index contributed by atoms with van der Waals surface area (Å²) in [5, 5.41) is 7.81. The predicted octanol–water partition coefficient (Wildman–Crippen LogP) is 2.22. The van der Waals surface area contributed by atoms with Crippen molar-refractivity contribution < 1.29 is 4.79 Å². The first-order valence-electron chi connectivity index (χ1n) is 8.62. The quantitative estimate of drug-likeness (QED) is 0.834. The second kappa shape index (κ2) is 6.64. The molecule has 24 heavy (non-hydrogen) atoms. The first-order chi connectivity index (χ1) is 11.7. The van der Waals surface area contributed by atoms with Crippen LogP contribution in [0.2, 0.25) is 0 Å². The zero-order valence-electron chi connectivity index (χ0n) is 14.0. The normalized spacial score (nSPS) is 21.5. The van der Waals surface area contributed by atoms with E-state index in [4.69, 9.17) is 0 Å². The number of aromatic nitrogens is 3. The van der Waals surface area contributed by atoms with Gasteiger partial charge in [0, 0.05) is 49.9 Å². The number of carbonyl (C=O) groups is 1. The number of aryl methyl sites for hydroxylation is 1. The maximum absolute atomic E-state index is 11.8. The third kappa shape index (κ3) is 3.23. The summed E-state index contributed by atoms with van der Waals surface area (Å²) in [6, 6.07) is 2.44. The zero-order chi connectivity index (χ0) is 16.5. The summed E-state index contributed by atoms with van der Waals surface area (Å²) in [5.74, 6) is 0.307. The molecule has 0 bridgehead atoms. The Hall–Kier alpha value is -1.73. The summed E-state index contributed by atoms with van der Waals surface area (Å²) in [6.07, 6.45) is 4.58. The number of hydrogen-bond acceptors (Lipinski definition) is 5. The largest absolute Gasteiger partial charge is 0.343 e. The van der Waals surface area contributed by atoms with E-state index in [1.165, 1.54) is 10.7 Å². The van der Waals surface area contributed by atoms with E-state index in [2.05, 4.69) is 31.1 Å². The minimum Gasteiger partial charge on any atom is -0.343 e. The molecular formula is C17H23N5OS. The third-order valence-electron chi connectivity index (χ3n) is 4.88. The molecule has 0 aliphatic carbocycles. The van der Waals surface area contributed by atoms with E-state index in [0.29, 0.717) is 18.4 Å². The van der Waals surface area contributed by atoms with E-state index in [1.807, 2.05) is 18.0 Å². The Kier molecular flexibility index (Phi) is 4.37. The van der Waals surface area contributed by atoms with Crippen LogP contribution in [-0.4, -0.2) is 50.1 Å². The van der Waals surface area contributed by atoms with Crippen molar-refractivity contribution in [1.29, 1.82) is 0 Å². The van der Waals surface area contributed by atoms with E-state index < -0.39 is 0 Å². The maximum atomic E-state index is 11.8. The molecule has 4 rings (SSSR count). The van der Waals surface area contributed by atoms with Gasteiger partial charge in [0.1, 0.15) is 5.01 Å². The van der Waals surface area contributed by atoms with Gasteiger partial charge in [0.05, 0.1) is 18.3 Å². The van der Waals surface area contributed by atoms with Crippen LogP contribution in [0.4, 0.5) is 0 Å². The van der Waals surface area contributed by atoms with E-state index in [9.17, 15) is 4.79 Å². The van der Waals surface area contributed by atoms with Crippen LogP contribution >= 0.6 is 11.3 Å². The second-order valence-corrected chi connectivity index (χ2v) is 7.69. The highest BCUT2D eigenvalue weighted by atomic mass is 32.1. The van der Waals surface area contributed by atoms with Crippen molar-refractivity contribution >= 4 is 17.2 Å². The van der Waals surface area contributed by atoms with Gasteiger partial charge in [-0.3, -0.25) is 14.4 Å². The van der Waals surface area contributed by atoms with Gasteiger partial charge in [-0.1, -0.05) is 0 Å². The fourth-order valence-electron chi connectivity index (χ4n) is 3.71. The molecule has 0 saturated carbocycles. The first-order valence-corrected chi connectivity index (χ1v) is 9.50. The third-order valence-corrected chi connectivity index (χ3v) is 5.83. The molecule has 0 radical (unpaired) electrons. The van der Waals surface area contributed by atoms with Crippen LogP contribution in [0.5, 0.6) is 0 Å². The van der Waals surface area contributed by atoms with Gasteiger partial charge < -0.3 is 4.90 Å².